The highest BCUT2D eigenvalue weighted by atomic mass is 79.9. The van der Waals surface area contributed by atoms with Crippen LogP contribution in [0.25, 0.3) is 0 Å². The van der Waals surface area contributed by atoms with Gasteiger partial charge in [-0.05, 0) is 59.1 Å². The van der Waals surface area contributed by atoms with Gasteiger partial charge in [-0.3, -0.25) is 4.79 Å². The van der Waals surface area contributed by atoms with E-state index in [0.29, 0.717) is 12.1 Å². The third-order valence-corrected chi connectivity index (χ3v) is 4.78. The lowest BCUT2D eigenvalue weighted by molar-refractivity contribution is -0.116. The second-order valence-electron chi connectivity index (χ2n) is 6.07. The molecular formula is C19H17BrFN5O2. The summed E-state index contributed by atoms with van der Waals surface area (Å²) in [5.74, 6) is -0.534. The van der Waals surface area contributed by atoms with Crippen molar-refractivity contribution in [2.24, 2.45) is 10.7 Å². The summed E-state index contributed by atoms with van der Waals surface area (Å²) in [6, 6.07) is 11.6. The van der Waals surface area contributed by atoms with Crippen LogP contribution in [0.15, 0.2) is 56.6 Å². The zero-order valence-electron chi connectivity index (χ0n) is 14.9. The fourth-order valence-electron chi connectivity index (χ4n) is 2.43. The van der Waals surface area contributed by atoms with E-state index in [9.17, 15) is 9.18 Å². The Bertz CT molecular complexity index is 1030. The van der Waals surface area contributed by atoms with Gasteiger partial charge >= 0.3 is 0 Å². The van der Waals surface area contributed by atoms with E-state index < -0.39 is 0 Å². The lowest BCUT2D eigenvalue weighted by atomic mass is 10.1. The van der Waals surface area contributed by atoms with Gasteiger partial charge in [-0.25, -0.2) is 14.0 Å². The molecule has 28 heavy (non-hydrogen) atoms. The molecule has 0 aliphatic heterocycles. The Morgan fingerprint density at radius 1 is 1.29 bits per heavy atom. The number of aliphatic imine (C=N–C) groups is 1. The third-order valence-electron chi connectivity index (χ3n) is 3.92. The Kier molecular flexibility index (Phi) is 6.15. The first-order valence-corrected chi connectivity index (χ1v) is 9.19. The van der Waals surface area contributed by atoms with Crippen molar-refractivity contribution in [3.63, 3.8) is 0 Å². The van der Waals surface area contributed by atoms with Gasteiger partial charge in [0.05, 0.1) is 5.69 Å². The minimum atomic E-state index is -0.340. The number of aryl methyl sites for hydroxylation is 2. The van der Waals surface area contributed by atoms with Gasteiger partial charge in [0.1, 0.15) is 5.82 Å². The van der Waals surface area contributed by atoms with Gasteiger partial charge in [0.2, 0.25) is 11.7 Å². The maximum Gasteiger partial charge on any atom is 0.226 e. The van der Waals surface area contributed by atoms with E-state index in [-0.39, 0.29) is 35.5 Å². The highest BCUT2D eigenvalue weighted by Gasteiger charge is 2.17. The predicted octanol–water partition coefficient (Wildman–Crippen LogP) is 3.89. The number of nitrogens with two attached hydrogens (primary N) is 1. The molecule has 1 heterocycles. The molecule has 0 saturated carbocycles. The molecule has 0 saturated heterocycles. The molecule has 0 fully saturated rings. The molecule has 1 aromatic heterocycles. The summed E-state index contributed by atoms with van der Waals surface area (Å²) < 4.78 is 18.8. The summed E-state index contributed by atoms with van der Waals surface area (Å²) in [6.07, 6.45) is 0.517. The molecule has 0 unspecified atom stereocenters. The van der Waals surface area contributed by atoms with Crippen molar-refractivity contribution in [1.82, 2.24) is 10.3 Å². The molecule has 0 atom stereocenters. The number of rotatable bonds is 6. The van der Waals surface area contributed by atoms with Crippen molar-refractivity contribution < 1.29 is 13.8 Å². The van der Waals surface area contributed by atoms with Gasteiger partial charge in [0, 0.05) is 10.9 Å². The van der Waals surface area contributed by atoms with Gasteiger partial charge < -0.3 is 11.1 Å². The average molecular weight is 446 g/mol. The van der Waals surface area contributed by atoms with E-state index in [2.05, 4.69) is 36.6 Å². The van der Waals surface area contributed by atoms with Crippen LogP contribution >= 0.6 is 15.9 Å². The molecule has 7 nitrogen and oxygen atoms in total. The highest BCUT2D eigenvalue weighted by Crippen LogP contribution is 2.23. The molecule has 0 bridgehead atoms. The van der Waals surface area contributed by atoms with Crippen molar-refractivity contribution in [2.45, 2.75) is 19.8 Å². The summed E-state index contributed by atoms with van der Waals surface area (Å²) >= 11 is 3.44. The van der Waals surface area contributed by atoms with Gasteiger partial charge in [0.15, 0.2) is 11.5 Å². The van der Waals surface area contributed by atoms with Crippen molar-refractivity contribution in [1.29, 1.82) is 0 Å². The first-order valence-electron chi connectivity index (χ1n) is 8.40. The number of aromatic nitrogens is 2. The highest BCUT2D eigenvalue weighted by molar-refractivity contribution is 9.10. The average Bonchev–Trinajstić information content (AvgIpc) is 3.11. The molecule has 0 spiro atoms. The normalized spacial score (nSPS) is 11.5. The number of amides is 1. The van der Waals surface area contributed by atoms with Crippen molar-refractivity contribution in [3.8, 4) is 0 Å². The zero-order chi connectivity index (χ0) is 20.1. The molecule has 2 aromatic carbocycles. The summed E-state index contributed by atoms with van der Waals surface area (Å²) in [6.45, 7) is 1.96. The van der Waals surface area contributed by atoms with Gasteiger partial charge in [-0.2, -0.15) is 0 Å². The molecule has 9 heteroatoms. The Morgan fingerprint density at radius 2 is 2.11 bits per heavy atom. The number of nitrogens with one attached hydrogen (secondary N) is 1. The zero-order valence-corrected chi connectivity index (χ0v) is 16.5. The van der Waals surface area contributed by atoms with Crippen LogP contribution in [-0.2, 0) is 11.2 Å². The van der Waals surface area contributed by atoms with Gasteiger partial charge in [-0.1, -0.05) is 34.1 Å². The Balaban J connectivity index is 1.68. The molecule has 0 aliphatic rings. The van der Waals surface area contributed by atoms with E-state index in [4.69, 9.17) is 10.4 Å². The number of hydrogen-bond acceptors (Lipinski definition) is 5. The number of amidine groups is 1. The summed E-state index contributed by atoms with van der Waals surface area (Å²) in [7, 11) is 0. The maximum atomic E-state index is 13.2. The molecular weight excluding hydrogens is 429 g/mol. The summed E-state index contributed by atoms with van der Waals surface area (Å²) in [5, 5.41) is 9.98. The molecule has 3 rings (SSSR count). The second kappa shape index (κ2) is 8.75. The van der Waals surface area contributed by atoms with E-state index in [1.54, 1.807) is 18.2 Å². The lowest BCUT2D eigenvalue weighted by Gasteiger charge is -2.04. The maximum absolute atomic E-state index is 13.2. The lowest BCUT2D eigenvalue weighted by Crippen LogP contribution is -2.19. The van der Waals surface area contributed by atoms with E-state index in [1.165, 1.54) is 12.1 Å². The van der Waals surface area contributed by atoms with Crippen molar-refractivity contribution >= 4 is 39.2 Å². The van der Waals surface area contributed by atoms with E-state index in [0.717, 1.165) is 15.6 Å². The first kappa shape index (κ1) is 19.7. The Hall–Kier alpha value is -3.07. The molecule has 0 radical (unpaired) electrons. The number of carbonyl (C=O) groups excluding carboxylic acids is 1. The van der Waals surface area contributed by atoms with Crippen LogP contribution in [0.1, 0.15) is 23.2 Å². The summed E-state index contributed by atoms with van der Waals surface area (Å²) in [5.41, 5.74) is 8.53. The van der Waals surface area contributed by atoms with Crippen LogP contribution in [0.5, 0.6) is 0 Å². The summed E-state index contributed by atoms with van der Waals surface area (Å²) in [4.78, 5) is 16.5. The number of anilines is 1. The van der Waals surface area contributed by atoms with E-state index in [1.807, 2.05) is 19.1 Å². The molecule has 3 aromatic rings. The predicted molar refractivity (Wildman–Crippen MR) is 107 cm³/mol. The van der Waals surface area contributed by atoms with Crippen LogP contribution in [-0.4, -0.2) is 22.1 Å². The quantitative estimate of drug-likeness (QED) is 0.442. The van der Waals surface area contributed by atoms with Crippen LogP contribution in [0.3, 0.4) is 0 Å². The molecule has 3 N–H and O–H groups in total. The van der Waals surface area contributed by atoms with Crippen LogP contribution in [0.4, 0.5) is 15.9 Å². The van der Waals surface area contributed by atoms with Gasteiger partial charge in [0.25, 0.3) is 0 Å². The van der Waals surface area contributed by atoms with Gasteiger partial charge in [-0.15, -0.1) is 0 Å². The number of nitrogens with zero attached hydrogens (tertiary/aromatic N) is 3. The minimum Gasteiger partial charge on any atom is -0.382 e. The molecule has 144 valence electrons. The minimum absolute atomic E-state index is 0.0532. The van der Waals surface area contributed by atoms with Crippen LogP contribution in [0.2, 0.25) is 0 Å². The fourth-order valence-corrected chi connectivity index (χ4v) is 2.79. The Morgan fingerprint density at radius 3 is 2.86 bits per heavy atom. The van der Waals surface area contributed by atoms with Crippen LogP contribution < -0.4 is 11.1 Å². The second-order valence-corrected chi connectivity index (χ2v) is 6.92. The number of benzene rings is 2. The third kappa shape index (κ3) is 5.01. The van der Waals surface area contributed by atoms with Crippen molar-refractivity contribution in [2.75, 3.05) is 5.32 Å². The first-order chi connectivity index (χ1) is 13.4. The van der Waals surface area contributed by atoms with Crippen LogP contribution in [0, 0.1) is 12.7 Å². The molecule has 0 aliphatic carbocycles. The Labute approximate surface area is 168 Å². The topological polar surface area (TPSA) is 106 Å². The monoisotopic (exact) mass is 445 g/mol. The smallest absolute Gasteiger partial charge is 0.226 e. The largest absolute Gasteiger partial charge is 0.382 e. The number of carbonyl (C=O) groups is 1. The van der Waals surface area contributed by atoms with E-state index >= 15 is 0 Å². The number of hydrogen-bond donors (Lipinski definition) is 2. The fraction of sp³-hybridized carbons (Fsp3) is 0.158. The molecule has 1 amide bonds. The van der Waals surface area contributed by atoms with Crippen molar-refractivity contribution in [3.05, 3.63) is 69.6 Å². The SMILES string of the molecule is Cc1ccc(N=C(N)c2nonc2NC(=O)CCc2cccc(F)c2)cc1Br. The standard InChI is InChI=1S/C19H17BrFN5O2/c1-11-5-7-14(10-15(11)20)23-18(22)17-19(26-28-25-17)24-16(27)8-6-12-3-2-4-13(21)9-12/h2-5,7,9-10H,6,8H2,1H3,(H2,22,23)(H,24,26,27). The number of halogens is 2.